The maximum atomic E-state index is 12.8. The van der Waals surface area contributed by atoms with Crippen molar-refractivity contribution in [3.05, 3.63) is 70.3 Å². The van der Waals surface area contributed by atoms with Crippen LogP contribution in [0, 0.1) is 0 Å². The fourth-order valence-corrected chi connectivity index (χ4v) is 3.94. The lowest BCUT2D eigenvalue weighted by Crippen LogP contribution is -2.24. The van der Waals surface area contributed by atoms with Gasteiger partial charge < -0.3 is 4.90 Å². The van der Waals surface area contributed by atoms with Crippen LogP contribution in [0.15, 0.2) is 59.0 Å². The molecule has 1 aliphatic rings. The van der Waals surface area contributed by atoms with Crippen LogP contribution in [0.25, 0.3) is 5.57 Å². The number of benzene rings is 2. The van der Waals surface area contributed by atoms with Gasteiger partial charge in [0.1, 0.15) is 0 Å². The zero-order chi connectivity index (χ0) is 18.9. The normalized spacial score (nSPS) is 16.9. The molecule has 1 saturated heterocycles. The van der Waals surface area contributed by atoms with Crippen molar-refractivity contribution in [3.63, 3.8) is 0 Å². The second-order valence-electron chi connectivity index (χ2n) is 6.29. The quantitative estimate of drug-likeness (QED) is 0.747. The number of sulfone groups is 1. The number of likely N-dealkylation sites (tertiary alicyclic amines) is 1. The first-order chi connectivity index (χ1) is 12.3. The van der Waals surface area contributed by atoms with Crippen molar-refractivity contribution in [1.82, 2.24) is 4.90 Å². The summed E-state index contributed by atoms with van der Waals surface area (Å²) in [5.74, 6) is 0.0321. The number of carbonyl (C=O) groups is 1. The Kier molecular flexibility index (Phi) is 5.21. The largest absolute Gasteiger partial charge is 0.339 e. The predicted molar refractivity (Wildman–Crippen MR) is 104 cm³/mol. The average molecular weight is 390 g/mol. The summed E-state index contributed by atoms with van der Waals surface area (Å²) >= 11 is 6.01. The third-order valence-electron chi connectivity index (χ3n) is 4.56. The zero-order valence-electron chi connectivity index (χ0n) is 14.7. The van der Waals surface area contributed by atoms with Gasteiger partial charge >= 0.3 is 0 Å². The van der Waals surface area contributed by atoms with Crippen LogP contribution in [0.2, 0.25) is 5.02 Å². The van der Waals surface area contributed by atoms with Crippen LogP contribution in [0.4, 0.5) is 0 Å². The van der Waals surface area contributed by atoms with Crippen molar-refractivity contribution in [2.24, 2.45) is 0 Å². The Hall–Kier alpha value is -2.11. The molecule has 136 valence electrons. The highest BCUT2D eigenvalue weighted by Crippen LogP contribution is 2.33. The summed E-state index contributed by atoms with van der Waals surface area (Å²) < 4.78 is 23.4. The minimum Gasteiger partial charge on any atom is -0.339 e. The Bertz CT molecular complexity index is 961. The van der Waals surface area contributed by atoms with Crippen LogP contribution in [0.1, 0.15) is 24.5 Å². The minimum absolute atomic E-state index is 0.0321. The van der Waals surface area contributed by atoms with Gasteiger partial charge in [0.25, 0.3) is 0 Å². The summed E-state index contributed by atoms with van der Waals surface area (Å²) in [4.78, 5) is 14.8. The van der Waals surface area contributed by atoms with Crippen molar-refractivity contribution in [2.75, 3.05) is 19.3 Å². The maximum absolute atomic E-state index is 12.8. The third-order valence-corrected chi connectivity index (χ3v) is 5.95. The Labute approximate surface area is 159 Å². The number of carbonyl (C=O) groups excluding carboxylic acids is 1. The summed E-state index contributed by atoms with van der Waals surface area (Å²) in [5.41, 5.74) is 3.30. The van der Waals surface area contributed by atoms with E-state index >= 15 is 0 Å². The van der Waals surface area contributed by atoms with Crippen molar-refractivity contribution in [1.29, 1.82) is 0 Å². The number of hydrogen-bond acceptors (Lipinski definition) is 3. The Morgan fingerprint density at radius 2 is 1.58 bits per heavy atom. The molecule has 1 fully saturated rings. The molecule has 0 unspecified atom stereocenters. The lowest BCUT2D eigenvalue weighted by molar-refractivity contribution is -0.124. The molecule has 0 atom stereocenters. The van der Waals surface area contributed by atoms with Crippen molar-refractivity contribution in [2.45, 2.75) is 18.2 Å². The predicted octanol–water partition coefficient (Wildman–Crippen LogP) is 3.80. The number of halogens is 1. The van der Waals surface area contributed by atoms with Gasteiger partial charge in [0, 0.05) is 29.9 Å². The van der Waals surface area contributed by atoms with E-state index in [9.17, 15) is 13.2 Å². The molecule has 1 heterocycles. The first-order valence-corrected chi connectivity index (χ1v) is 10.7. The molecule has 0 saturated carbocycles. The van der Waals surface area contributed by atoms with Gasteiger partial charge in [0.15, 0.2) is 9.84 Å². The van der Waals surface area contributed by atoms with E-state index in [4.69, 9.17) is 11.6 Å². The van der Waals surface area contributed by atoms with Crippen LogP contribution < -0.4 is 0 Å². The maximum Gasteiger partial charge on any atom is 0.250 e. The van der Waals surface area contributed by atoms with E-state index in [-0.39, 0.29) is 10.8 Å². The summed E-state index contributed by atoms with van der Waals surface area (Å²) in [7, 11) is -3.27. The van der Waals surface area contributed by atoms with Gasteiger partial charge in [-0.2, -0.15) is 0 Å². The first-order valence-electron chi connectivity index (χ1n) is 8.40. The van der Waals surface area contributed by atoms with Crippen LogP contribution in [0.3, 0.4) is 0 Å². The number of amides is 1. The van der Waals surface area contributed by atoms with Gasteiger partial charge in [-0.3, -0.25) is 4.79 Å². The van der Waals surface area contributed by atoms with E-state index in [1.165, 1.54) is 6.26 Å². The summed E-state index contributed by atoms with van der Waals surface area (Å²) in [5, 5.41) is 0.624. The Morgan fingerprint density at radius 1 is 1.04 bits per heavy atom. The molecule has 0 aliphatic carbocycles. The summed E-state index contributed by atoms with van der Waals surface area (Å²) in [6.07, 6.45) is 1.85. The van der Waals surface area contributed by atoms with E-state index in [1.807, 2.05) is 24.0 Å². The highest BCUT2D eigenvalue weighted by atomic mass is 35.5. The molecule has 4 nitrogen and oxygen atoms in total. The van der Waals surface area contributed by atoms with E-state index in [1.54, 1.807) is 36.4 Å². The number of hydrogen-bond donors (Lipinski definition) is 0. The molecular weight excluding hydrogens is 370 g/mol. The highest BCUT2D eigenvalue weighted by Gasteiger charge is 2.28. The molecule has 0 spiro atoms. The average Bonchev–Trinajstić information content (AvgIpc) is 2.97. The monoisotopic (exact) mass is 389 g/mol. The third kappa shape index (κ3) is 3.69. The number of rotatable bonds is 4. The molecule has 2 aromatic rings. The van der Waals surface area contributed by atoms with Gasteiger partial charge in [0.2, 0.25) is 5.91 Å². The lowest BCUT2D eigenvalue weighted by Gasteiger charge is -2.15. The molecule has 3 rings (SSSR count). The van der Waals surface area contributed by atoms with Gasteiger partial charge in [0.05, 0.1) is 4.90 Å². The molecule has 6 heteroatoms. The topological polar surface area (TPSA) is 54.5 Å². The Balaban J connectivity index is 2.16. The second kappa shape index (κ2) is 7.25. The smallest absolute Gasteiger partial charge is 0.250 e. The first kappa shape index (κ1) is 18.7. The van der Waals surface area contributed by atoms with E-state index in [2.05, 4.69) is 0 Å². The number of likely N-dealkylation sites (N-methyl/N-ethyl adjacent to an activating group) is 1. The van der Waals surface area contributed by atoms with Gasteiger partial charge in [-0.25, -0.2) is 8.42 Å². The second-order valence-corrected chi connectivity index (χ2v) is 8.74. The molecule has 1 aliphatic heterocycles. The molecule has 26 heavy (non-hydrogen) atoms. The minimum atomic E-state index is -3.27. The van der Waals surface area contributed by atoms with Crippen molar-refractivity contribution >= 4 is 32.9 Å². The lowest BCUT2D eigenvalue weighted by atomic mass is 9.92. The van der Waals surface area contributed by atoms with E-state index in [0.717, 1.165) is 22.3 Å². The fourth-order valence-electron chi connectivity index (χ4n) is 3.18. The molecule has 0 N–H and O–H groups in total. The van der Waals surface area contributed by atoms with Crippen molar-refractivity contribution < 1.29 is 13.2 Å². The van der Waals surface area contributed by atoms with Crippen LogP contribution in [-0.4, -0.2) is 38.6 Å². The SMILES string of the molecule is CCN1CCC(=C(c2ccc(Cl)cc2)c2ccc(S(C)(=O)=O)cc2)C1=O. The summed E-state index contributed by atoms with van der Waals surface area (Å²) in [6, 6.07) is 14.0. The summed E-state index contributed by atoms with van der Waals surface area (Å²) in [6.45, 7) is 3.33. The van der Waals surface area contributed by atoms with Crippen molar-refractivity contribution in [3.8, 4) is 0 Å². The highest BCUT2D eigenvalue weighted by molar-refractivity contribution is 7.90. The van der Waals surface area contributed by atoms with Crippen LogP contribution in [-0.2, 0) is 14.6 Å². The van der Waals surface area contributed by atoms with Gasteiger partial charge in [-0.05, 0) is 54.3 Å². The fraction of sp³-hybridized carbons (Fsp3) is 0.250. The molecule has 0 bridgehead atoms. The molecule has 1 amide bonds. The van der Waals surface area contributed by atoms with Gasteiger partial charge in [-0.15, -0.1) is 0 Å². The molecule has 0 aromatic heterocycles. The standard InChI is InChI=1S/C20H20ClNO3S/c1-3-22-13-12-18(20(22)23)19(14-4-8-16(21)9-5-14)15-6-10-17(11-7-15)26(2,24)25/h4-11H,3,12-13H2,1-2H3. The van der Waals surface area contributed by atoms with Gasteiger partial charge in [-0.1, -0.05) is 35.9 Å². The van der Waals surface area contributed by atoms with E-state index < -0.39 is 9.84 Å². The molecule has 2 aromatic carbocycles. The molecular formula is C20H20ClNO3S. The van der Waals surface area contributed by atoms with Crippen LogP contribution >= 0.6 is 11.6 Å². The number of nitrogens with zero attached hydrogens (tertiary/aromatic N) is 1. The molecule has 0 radical (unpaired) electrons. The Morgan fingerprint density at radius 3 is 2.04 bits per heavy atom. The van der Waals surface area contributed by atoms with Crippen LogP contribution in [0.5, 0.6) is 0 Å². The zero-order valence-corrected chi connectivity index (χ0v) is 16.3. The van der Waals surface area contributed by atoms with E-state index in [0.29, 0.717) is 24.5 Å².